The zero-order chi connectivity index (χ0) is 15.0. The van der Waals surface area contributed by atoms with Crippen molar-refractivity contribution in [3.63, 3.8) is 0 Å². The Morgan fingerprint density at radius 1 is 1.30 bits per heavy atom. The van der Waals surface area contributed by atoms with Crippen LogP contribution in [0.1, 0.15) is 38.3 Å². The largest absolute Gasteiger partial charge is 0.493 e. The van der Waals surface area contributed by atoms with Crippen molar-refractivity contribution in [1.29, 1.82) is 0 Å². The quantitative estimate of drug-likeness (QED) is 0.776. The van der Waals surface area contributed by atoms with Crippen molar-refractivity contribution in [1.82, 2.24) is 5.32 Å². The monoisotopic (exact) mass is 295 g/mol. The predicted octanol–water partition coefficient (Wildman–Crippen LogP) is 3.81. The van der Waals surface area contributed by atoms with E-state index in [-0.39, 0.29) is 6.04 Å². The standard InChI is InChI=1S/C16H22ClNO2/c1-5-7-8-14(18-9-6-2)12-10-13(17)16(20-4)15(11-12)19-3/h10-11,14,18H,6,8-9H2,1-4H3. The normalized spacial score (nSPS) is 11.4. The summed E-state index contributed by atoms with van der Waals surface area (Å²) in [5, 5.41) is 4.03. The molecule has 110 valence electrons. The minimum absolute atomic E-state index is 0.139. The van der Waals surface area contributed by atoms with Crippen LogP contribution >= 0.6 is 11.6 Å². The van der Waals surface area contributed by atoms with Crippen LogP contribution in [-0.4, -0.2) is 20.8 Å². The number of nitrogens with one attached hydrogen (secondary N) is 1. The molecule has 0 saturated heterocycles. The fourth-order valence-electron chi connectivity index (χ4n) is 1.97. The average Bonchev–Trinajstić information content (AvgIpc) is 2.46. The Labute approximate surface area is 126 Å². The molecule has 0 aliphatic carbocycles. The van der Waals surface area contributed by atoms with Crippen molar-refractivity contribution in [2.75, 3.05) is 20.8 Å². The molecule has 0 bridgehead atoms. The Kier molecular flexibility index (Phi) is 7.28. The summed E-state index contributed by atoms with van der Waals surface area (Å²) in [5.41, 5.74) is 1.06. The van der Waals surface area contributed by atoms with Gasteiger partial charge in [-0.05, 0) is 37.6 Å². The zero-order valence-corrected chi connectivity index (χ0v) is 13.3. The summed E-state index contributed by atoms with van der Waals surface area (Å²) in [6, 6.07) is 4.00. The van der Waals surface area contributed by atoms with Gasteiger partial charge in [0.2, 0.25) is 0 Å². The molecule has 1 aromatic carbocycles. The van der Waals surface area contributed by atoms with Gasteiger partial charge in [0, 0.05) is 12.5 Å². The van der Waals surface area contributed by atoms with E-state index in [0.717, 1.165) is 24.9 Å². The number of rotatable bonds is 7. The van der Waals surface area contributed by atoms with Gasteiger partial charge in [-0.2, -0.15) is 0 Å². The molecule has 0 aromatic heterocycles. The zero-order valence-electron chi connectivity index (χ0n) is 12.5. The van der Waals surface area contributed by atoms with E-state index in [1.165, 1.54) is 0 Å². The second kappa shape index (κ2) is 8.73. The van der Waals surface area contributed by atoms with Gasteiger partial charge in [-0.15, -0.1) is 11.8 Å². The SMILES string of the molecule is CC#CCC(NCCC)c1cc(Cl)c(OC)c(OC)c1. The van der Waals surface area contributed by atoms with Crippen molar-refractivity contribution in [2.45, 2.75) is 32.7 Å². The third-order valence-corrected chi connectivity index (χ3v) is 3.26. The van der Waals surface area contributed by atoms with Gasteiger partial charge in [-0.3, -0.25) is 0 Å². The van der Waals surface area contributed by atoms with E-state index in [1.807, 2.05) is 19.1 Å². The van der Waals surface area contributed by atoms with Crippen molar-refractivity contribution in [2.24, 2.45) is 0 Å². The first-order chi connectivity index (χ1) is 9.67. The molecular formula is C16H22ClNO2. The summed E-state index contributed by atoms with van der Waals surface area (Å²) in [5.74, 6) is 7.25. The highest BCUT2D eigenvalue weighted by molar-refractivity contribution is 6.32. The number of hydrogen-bond acceptors (Lipinski definition) is 3. The van der Waals surface area contributed by atoms with Crippen LogP contribution in [-0.2, 0) is 0 Å². The van der Waals surface area contributed by atoms with E-state index in [1.54, 1.807) is 14.2 Å². The van der Waals surface area contributed by atoms with Crippen LogP contribution in [0.25, 0.3) is 0 Å². The van der Waals surface area contributed by atoms with Gasteiger partial charge in [0.25, 0.3) is 0 Å². The second-order valence-electron chi connectivity index (χ2n) is 4.38. The molecule has 0 radical (unpaired) electrons. The van der Waals surface area contributed by atoms with Crippen molar-refractivity contribution >= 4 is 11.6 Å². The van der Waals surface area contributed by atoms with Gasteiger partial charge in [-0.1, -0.05) is 18.5 Å². The highest BCUT2D eigenvalue weighted by Crippen LogP contribution is 2.38. The Morgan fingerprint density at radius 2 is 2.05 bits per heavy atom. The van der Waals surface area contributed by atoms with Crippen LogP contribution in [0.15, 0.2) is 12.1 Å². The number of halogens is 1. The Hall–Kier alpha value is -1.37. The molecule has 1 rings (SSSR count). The molecule has 4 heteroatoms. The molecular weight excluding hydrogens is 274 g/mol. The molecule has 20 heavy (non-hydrogen) atoms. The first kappa shape index (κ1) is 16.7. The van der Waals surface area contributed by atoms with Gasteiger partial charge < -0.3 is 14.8 Å². The first-order valence-electron chi connectivity index (χ1n) is 6.72. The molecule has 0 amide bonds. The van der Waals surface area contributed by atoms with E-state index in [4.69, 9.17) is 21.1 Å². The van der Waals surface area contributed by atoms with Gasteiger partial charge >= 0.3 is 0 Å². The molecule has 0 spiro atoms. The summed E-state index contributed by atoms with van der Waals surface area (Å²) >= 11 is 6.26. The van der Waals surface area contributed by atoms with E-state index in [2.05, 4.69) is 24.1 Å². The maximum absolute atomic E-state index is 6.26. The fraction of sp³-hybridized carbons (Fsp3) is 0.500. The number of ether oxygens (including phenoxy) is 2. The molecule has 1 atom stereocenters. The van der Waals surface area contributed by atoms with Gasteiger partial charge in [0.15, 0.2) is 11.5 Å². The van der Waals surface area contributed by atoms with E-state index in [9.17, 15) is 0 Å². The number of hydrogen-bond donors (Lipinski definition) is 1. The first-order valence-corrected chi connectivity index (χ1v) is 7.10. The highest BCUT2D eigenvalue weighted by Gasteiger charge is 2.16. The third-order valence-electron chi connectivity index (χ3n) is 2.98. The fourth-order valence-corrected chi connectivity index (χ4v) is 2.27. The lowest BCUT2D eigenvalue weighted by atomic mass is 10.0. The Morgan fingerprint density at radius 3 is 2.60 bits per heavy atom. The van der Waals surface area contributed by atoms with Crippen molar-refractivity contribution < 1.29 is 9.47 Å². The summed E-state index contributed by atoms with van der Waals surface area (Å²) in [7, 11) is 3.19. The van der Waals surface area contributed by atoms with Crippen LogP contribution in [0.5, 0.6) is 11.5 Å². The van der Waals surface area contributed by atoms with Crippen LogP contribution in [0, 0.1) is 11.8 Å². The molecule has 1 aromatic rings. The molecule has 0 aliphatic rings. The third kappa shape index (κ3) is 4.33. The summed E-state index contributed by atoms with van der Waals surface area (Å²) in [6.07, 6.45) is 1.80. The Balaban J connectivity index is 3.10. The van der Waals surface area contributed by atoms with Crippen LogP contribution < -0.4 is 14.8 Å². The molecule has 3 nitrogen and oxygen atoms in total. The summed E-state index contributed by atoms with van der Waals surface area (Å²) in [4.78, 5) is 0. The van der Waals surface area contributed by atoms with Gasteiger partial charge in [0.05, 0.1) is 19.2 Å². The summed E-state index contributed by atoms with van der Waals surface area (Å²) in [6.45, 7) is 4.91. The molecule has 0 fully saturated rings. The molecule has 0 heterocycles. The summed E-state index contributed by atoms with van der Waals surface area (Å²) < 4.78 is 10.6. The maximum atomic E-state index is 6.26. The number of methoxy groups -OCH3 is 2. The van der Waals surface area contributed by atoms with E-state index >= 15 is 0 Å². The van der Waals surface area contributed by atoms with Crippen molar-refractivity contribution in [3.8, 4) is 23.3 Å². The molecule has 1 unspecified atom stereocenters. The molecule has 0 aliphatic heterocycles. The predicted molar refractivity (Wildman–Crippen MR) is 83.7 cm³/mol. The van der Waals surface area contributed by atoms with Crippen LogP contribution in [0.2, 0.25) is 5.02 Å². The van der Waals surface area contributed by atoms with Gasteiger partial charge in [-0.25, -0.2) is 0 Å². The topological polar surface area (TPSA) is 30.5 Å². The minimum Gasteiger partial charge on any atom is -0.493 e. The van der Waals surface area contributed by atoms with Crippen LogP contribution in [0.4, 0.5) is 0 Å². The lowest BCUT2D eigenvalue weighted by Gasteiger charge is -2.19. The van der Waals surface area contributed by atoms with Crippen molar-refractivity contribution in [3.05, 3.63) is 22.7 Å². The Bertz CT molecular complexity index is 491. The molecule has 0 saturated carbocycles. The average molecular weight is 296 g/mol. The molecule has 1 N–H and O–H groups in total. The van der Waals surface area contributed by atoms with Gasteiger partial charge in [0.1, 0.15) is 0 Å². The lowest BCUT2D eigenvalue weighted by Crippen LogP contribution is -2.22. The second-order valence-corrected chi connectivity index (χ2v) is 4.78. The minimum atomic E-state index is 0.139. The van der Waals surface area contributed by atoms with E-state index < -0.39 is 0 Å². The number of benzene rings is 1. The van der Waals surface area contributed by atoms with Crippen LogP contribution in [0.3, 0.4) is 0 Å². The van der Waals surface area contributed by atoms with E-state index in [0.29, 0.717) is 16.5 Å². The lowest BCUT2D eigenvalue weighted by molar-refractivity contribution is 0.354. The highest BCUT2D eigenvalue weighted by atomic mass is 35.5. The smallest absolute Gasteiger partial charge is 0.179 e. The maximum Gasteiger partial charge on any atom is 0.179 e.